The van der Waals surface area contributed by atoms with Gasteiger partial charge in [-0.3, -0.25) is 4.79 Å². The SMILES string of the molecule is COc1ccc(C2=C(c3cc(OC)c(OC)c(OC)c3)C(=O)C(O[Si](C)(C)C(C)(C)C)C2)cc1OC(C)C. The van der Waals surface area contributed by atoms with Gasteiger partial charge in [0.15, 0.2) is 37.1 Å². The lowest BCUT2D eigenvalue weighted by molar-refractivity contribution is -0.119. The molecule has 0 aliphatic heterocycles. The second-order valence-corrected chi connectivity index (χ2v) is 16.0. The Kier molecular flexibility index (Phi) is 8.88. The lowest BCUT2D eigenvalue weighted by Gasteiger charge is -2.38. The van der Waals surface area contributed by atoms with Crippen LogP contribution in [0.4, 0.5) is 0 Å². The van der Waals surface area contributed by atoms with Gasteiger partial charge in [0.2, 0.25) is 5.75 Å². The van der Waals surface area contributed by atoms with E-state index in [0.29, 0.717) is 46.3 Å². The molecule has 2 aromatic rings. The van der Waals surface area contributed by atoms with Crippen LogP contribution in [0, 0.1) is 0 Å². The quantitative estimate of drug-likeness (QED) is 0.306. The van der Waals surface area contributed by atoms with Crippen molar-refractivity contribution in [2.24, 2.45) is 0 Å². The molecule has 0 saturated carbocycles. The maximum Gasteiger partial charge on any atom is 0.203 e. The Bertz CT molecular complexity index is 1180. The van der Waals surface area contributed by atoms with Crippen LogP contribution in [0.15, 0.2) is 30.3 Å². The predicted octanol–water partition coefficient (Wildman–Crippen LogP) is 6.78. The summed E-state index contributed by atoms with van der Waals surface area (Å²) in [4.78, 5) is 14.1. The van der Waals surface area contributed by atoms with Crippen molar-refractivity contribution >= 4 is 25.2 Å². The molecule has 208 valence electrons. The van der Waals surface area contributed by atoms with E-state index in [4.69, 9.17) is 28.1 Å². The second-order valence-electron chi connectivity index (χ2n) is 11.2. The molecule has 3 rings (SSSR count). The third kappa shape index (κ3) is 5.86. The number of benzene rings is 2. The summed E-state index contributed by atoms with van der Waals surface area (Å²) in [5.41, 5.74) is 3.01. The Balaban J connectivity index is 2.23. The number of carbonyl (C=O) groups excluding carboxylic acids is 1. The summed E-state index contributed by atoms with van der Waals surface area (Å²) in [7, 11) is 4.07. The van der Waals surface area contributed by atoms with Crippen LogP contribution in [-0.4, -0.2) is 54.7 Å². The number of Topliss-reactive ketones (excluding diaryl/α,β-unsaturated/α-hetero) is 1. The average molecular weight is 543 g/mol. The molecule has 1 aliphatic carbocycles. The third-order valence-electron chi connectivity index (χ3n) is 7.30. The predicted molar refractivity (Wildman–Crippen MR) is 153 cm³/mol. The van der Waals surface area contributed by atoms with Gasteiger partial charge >= 0.3 is 0 Å². The van der Waals surface area contributed by atoms with E-state index in [9.17, 15) is 4.79 Å². The van der Waals surface area contributed by atoms with Crippen LogP contribution < -0.4 is 23.7 Å². The summed E-state index contributed by atoms with van der Waals surface area (Å²) >= 11 is 0. The van der Waals surface area contributed by atoms with Crippen molar-refractivity contribution in [3.63, 3.8) is 0 Å². The smallest absolute Gasteiger partial charge is 0.203 e. The largest absolute Gasteiger partial charge is 0.493 e. The lowest BCUT2D eigenvalue weighted by atomic mass is 9.95. The van der Waals surface area contributed by atoms with Crippen molar-refractivity contribution in [1.82, 2.24) is 0 Å². The Morgan fingerprint density at radius 1 is 0.816 bits per heavy atom. The third-order valence-corrected chi connectivity index (χ3v) is 11.8. The summed E-state index contributed by atoms with van der Waals surface area (Å²) in [6, 6.07) is 9.41. The molecule has 1 aliphatic rings. The molecule has 0 saturated heterocycles. The molecule has 0 N–H and O–H groups in total. The zero-order valence-electron chi connectivity index (χ0n) is 24.6. The first-order valence-electron chi connectivity index (χ1n) is 12.9. The van der Waals surface area contributed by atoms with Crippen LogP contribution in [0.3, 0.4) is 0 Å². The van der Waals surface area contributed by atoms with Crippen molar-refractivity contribution in [2.45, 2.75) is 71.4 Å². The van der Waals surface area contributed by atoms with Gasteiger partial charge in [-0.25, -0.2) is 0 Å². The van der Waals surface area contributed by atoms with Crippen LogP contribution in [0.2, 0.25) is 18.1 Å². The molecule has 8 heteroatoms. The van der Waals surface area contributed by atoms with Gasteiger partial charge in [-0.05, 0) is 72.9 Å². The molecule has 0 aromatic heterocycles. The number of hydrogen-bond acceptors (Lipinski definition) is 7. The molecular weight excluding hydrogens is 500 g/mol. The van der Waals surface area contributed by atoms with Crippen molar-refractivity contribution in [3.05, 3.63) is 41.5 Å². The second kappa shape index (κ2) is 11.4. The van der Waals surface area contributed by atoms with E-state index in [1.807, 2.05) is 44.2 Å². The zero-order valence-corrected chi connectivity index (χ0v) is 25.6. The van der Waals surface area contributed by atoms with E-state index >= 15 is 0 Å². The summed E-state index contributed by atoms with van der Waals surface area (Å²) in [6.07, 6.45) is -0.177. The number of ketones is 1. The van der Waals surface area contributed by atoms with Crippen LogP contribution in [0.25, 0.3) is 11.1 Å². The van der Waals surface area contributed by atoms with Crippen molar-refractivity contribution in [3.8, 4) is 28.7 Å². The highest BCUT2D eigenvalue weighted by Crippen LogP contribution is 2.47. The molecule has 7 nitrogen and oxygen atoms in total. The van der Waals surface area contributed by atoms with Crippen LogP contribution in [0.5, 0.6) is 28.7 Å². The number of rotatable bonds is 10. The van der Waals surface area contributed by atoms with E-state index in [1.165, 1.54) is 0 Å². The molecular formula is C30H42O7Si. The minimum atomic E-state index is -2.23. The first kappa shape index (κ1) is 29.6. The fourth-order valence-electron chi connectivity index (χ4n) is 4.33. The first-order valence-corrected chi connectivity index (χ1v) is 15.8. The fourth-order valence-corrected chi connectivity index (χ4v) is 5.59. The lowest BCUT2D eigenvalue weighted by Crippen LogP contribution is -2.45. The van der Waals surface area contributed by atoms with Crippen LogP contribution in [0.1, 0.15) is 52.2 Å². The standard InChI is InChI=1S/C30H42O7Si/c1-18(2)36-23-14-19(12-13-22(23)32-6)21-17-24(37-38(10,11)30(3,4)5)28(31)27(21)20-15-25(33-7)29(35-9)26(16-20)34-8/h12-16,18,24H,17H2,1-11H3. The van der Waals surface area contributed by atoms with E-state index in [0.717, 1.165) is 11.1 Å². The highest BCUT2D eigenvalue weighted by Gasteiger charge is 2.44. The summed E-state index contributed by atoms with van der Waals surface area (Å²) in [5, 5.41) is -0.0405. The molecule has 2 aromatic carbocycles. The fraction of sp³-hybridized carbons (Fsp3) is 0.500. The van der Waals surface area contributed by atoms with Crippen molar-refractivity contribution in [1.29, 1.82) is 0 Å². The Hall–Kier alpha value is -2.97. The molecule has 0 radical (unpaired) electrons. The maximum atomic E-state index is 14.1. The van der Waals surface area contributed by atoms with Gasteiger partial charge in [-0.1, -0.05) is 26.8 Å². The van der Waals surface area contributed by atoms with Gasteiger partial charge in [-0.2, -0.15) is 0 Å². The number of hydrogen-bond donors (Lipinski definition) is 0. The van der Waals surface area contributed by atoms with E-state index in [1.54, 1.807) is 28.4 Å². The average Bonchev–Trinajstić information content (AvgIpc) is 3.17. The molecule has 0 spiro atoms. The Labute approximate surface area is 228 Å². The van der Waals surface area contributed by atoms with Crippen molar-refractivity contribution < 1.29 is 32.9 Å². The molecule has 38 heavy (non-hydrogen) atoms. The Morgan fingerprint density at radius 3 is 1.84 bits per heavy atom. The van der Waals surface area contributed by atoms with E-state index in [2.05, 4.69) is 33.9 Å². The molecule has 0 amide bonds. The van der Waals surface area contributed by atoms with E-state index < -0.39 is 14.4 Å². The monoisotopic (exact) mass is 542 g/mol. The maximum absolute atomic E-state index is 14.1. The summed E-state index contributed by atoms with van der Waals surface area (Å²) < 4.78 is 35.0. The number of carbonyl (C=O) groups is 1. The van der Waals surface area contributed by atoms with Gasteiger partial charge in [-0.15, -0.1) is 0 Å². The van der Waals surface area contributed by atoms with Crippen molar-refractivity contribution in [2.75, 3.05) is 28.4 Å². The van der Waals surface area contributed by atoms with Gasteiger partial charge in [0.25, 0.3) is 0 Å². The van der Waals surface area contributed by atoms with E-state index in [-0.39, 0.29) is 16.9 Å². The molecule has 0 bridgehead atoms. The van der Waals surface area contributed by atoms with Gasteiger partial charge in [0, 0.05) is 12.0 Å². The minimum absolute atomic E-state index is 0.0393. The zero-order chi connectivity index (χ0) is 28.4. The van der Waals surface area contributed by atoms with Crippen LogP contribution >= 0.6 is 0 Å². The van der Waals surface area contributed by atoms with Gasteiger partial charge < -0.3 is 28.1 Å². The van der Waals surface area contributed by atoms with Gasteiger partial charge in [0.1, 0.15) is 6.10 Å². The molecule has 1 atom stereocenters. The summed E-state index contributed by atoms with van der Waals surface area (Å²) in [5.74, 6) is 2.63. The number of ether oxygens (including phenoxy) is 5. The normalized spacial score (nSPS) is 16.2. The van der Waals surface area contributed by atoms with Crippen LogP contribution in [-0.2, 0) is 9.22 Å². The highest BCUT2D eigenvalue weighted by atomic mass is 28.4. The Morgan fingerprint density at radius 2 is 1.37 bits per heavy atom. The molecule has 0 heterocycles. The highest BCUT2D eigenvalue weighted by molar-refractivity contribution is 6.74. The van der Waals surface area contributed by atoms with Gasteiger partial charge in [0.05, 0.1) is 34.5 Å². The minimum Gasteiger partial charge on any atom is -0.493 e. The molecule has 1 unspecified atom stereocenters. The summed E-state index contributed by atoms with van der Waals surface area (Å²) in [6.45, 7) is 14.8. The molecule has 0 fully saturated rings. The topological polar surface area (TPSA) is 72.5 Å². The first-order chi connectivity index (χ1) is 17.8. The number of methoxy groups -OCH3 is 4.